The number of nitriles is 1. The van der Waals surface area contributed by atoms with Crippen LogP contribution in [0.1, 0.15) is 18.9 Å². The van der Waals surface area contributed by atoms with E-state index in [0.717, 1.165) is 13.0 Å². The molecule has 0 saturated carbocycles. The van der Waals surface area contributed by atoms with Crippen molar-refractivity contribution in [2.45, 2.75) is 24.3 Å². The Labute approximate surface area is 125 Å². The number of sulfone groups is 1. The van der Waals surface area contributed by atoms with Crippen molar-refractivity contribution in [2.24, 2.45) is 5.92 Å². The number of likely N-dealkylation sites (tertiary alicyclic amines) is 1. The van der Waals surface area contributed by atoms with Crippen molar-refractivity contribution in [3.8, 4) is 6.07 Å². The Morgan fingerprint density at radius 2 is 2.24 bits per heavy atom. The first-order valence-electron chi connectivity index (χ1n) is 7.06. The maximum atomic E-state index is 12.3. The van der Waals surface area contributed by atoms with Crippen LogP contribution in [0.15, 0.2) is 29.2 Å². The van der Waals surface area contributed by atoms with Crippen LogP contribution in [0.3, 0.4) is 0 Å². The van der Waals surface area contributed by atoms with Crippen LogP contribution in [0.5, 0.6) is 0 Å². The van der Waals surface area contributed by atoms with Crippen LogP contribution in [0.25, 0.3) is 0 Å². The summed E-state index contributed by atoms with van der Waals surface area (Å²) in [5, 5.41) is 18.7. The molecule has 6 heteroatoms. The van der Waals surface area contributed by atoms with Gasteiger partial charge in [-0.2, -0.15) is 5.26 Å². The van der Waals surface area contributed by atoms with E-state index in [2.05, 4.69) is 0 Å². The molecule has 2 unspecified atom stereocenters. The van der Waals surface area contributed by atoms with E-state index in [1.54, 1.807) is 12.1 Å². The molecule has 1 N–H and O–H groups in total. The molecule has 1 saturated heterocycles. The quantitative estimate of drug-likeness (QED) is 0.898. The van der Waals surface area contributed by atoms with Crippen LogP contribution >= 0.6 is 0 Å². The Hall–Kier alpha value is -1.42. The number of aliphatic hydroxyl groups excluding tert-OH is 1. The Morgan fingerprint density at radius 1 is 1.48 bits per heavy atom. The predicted molar refractivity (Wildman–Crippen MR) is 79.4 cm³/mol. The van der Waals surface area contributed by atoms with E-state index < -0.39 is 9.84 Å². The van der Waals surface area contributed by atoms with Crippen molar-refractivity contribution in [3.05, 3.63) is 29.8 Å². The molecule has 0 amide bonds. The molecule has 1 aromatic rings. The first kappa shape index (κ1) is 16.0. The average Bonchev–Trinajstić information content (AvgIpc) is 2.48. The van der Waals surface area contributed by atoms with E-state index in [4.69, 9.17) is 5.26 Å². The highest BCUT2D eigenvalue weighted by Crippen LogP contribution is 2.18. The molecular weight excluding hydrogens is 288 g/mol. The summed E-state index contributed by atoms with van der Waals surface area (Å²) < 4.78 is 24.6. The summed E-state index contributed by atoms with van der Waals surface area (Å²) in [6.45, 7) is 3.75. The number of aliphatic hydroxyl groups is 1. The molecule has 2 rings (SSSR count). The van der Waals surface area contributed by atoms with Gasteiger partial charge in [0.15, 0.2) is 9.84 Å². The fraction of sp³-hybridized carbons (Fsp3) is 0.533. The van der Waals surface area contributed by atoms with Crippen molar-refractivity contribution in [1.82, 2.24) is 4.90 Å². The van der Waals surface area contributed by atoms with Gasteiger partial charge >= 0.3 is 0 Å². The number of hydrogen-bond acceptors (Lipinski definition) is 5. The van der Waals surface area contributed by atoms with Gasteiger partial charge in [-0.15, -0.1) is 0 Å². The summed E-state index contributed by atoms with van der Waals surface area (Å²) in [6.07, 6.45) is 0.494. The predicted octanol–water partition coefficient (Wildman–Crippen LogP) is 1.03. The van der Waals surface area contributed by atoms with Crippen molar-refractivity contribution in [3.63, 3.8) is 0 Å². The van der Waals surface area contributed by atoms with E-state index in [-0.39, 0.29) is 22.7 Å². The Bertz CT molecular complexity index is 637. The molecule has 1 aromatic carbocycles. The largest absolute Gasteiger partial charge is 0.392 e. The molecule has 2 atom stereocenters. The fourth-order valence-corrected chi connectivity index (χ4v) is 3.77. The van der Waals surface area contributed by atoms with Gasteiger partial charge in [0.1, 0.15) is 0 Å². The summed E-state index contributed by atoms with van der Waals surface area (Å²) in [4.78, 5) is 2.17. The maximum absolute atomic E-state index is 12.3. The van der Waals surface area contributed by atoms with Crippen LogP contribution in [0.4, 0.5) is 0 Å². The molecule has 21 heavy (non-hydrogen) atoms. The van der Waals surface area contributed by atoms with E-state index in [0.29, 0.717) is 18.7 Å². The molecule has 1 aliphatic heterocycles. The summed E-state index contributed by atoms with van der Waals surface area (Å²) >= 11 is 0. The molecular formula is C15H20N2O3S. The first-order valence-corrected chi connectivity index (χ1v) is 8.71. The van der Waals surface area contributed by atoms with Gasteiger partial charge < -0.3 is 5.11 Å². The first-order chi connectivity index (χ1) is 9.92. The zero-order chi connectivity index (χ0) is 15.5. The highest BCUT2D eigenvalue weighted by atomic mass is 32.2. The van der Waals surface area contributed by atoms with Crippen molar-refractivity contribution >= 4 is 9.84 Å². The topological polar surface area (TPSA) is 81.4 Å². The standard InChI is InChI=1S/C15H20N2O3S/c1-12-5-6-17(11-15(12)18)7-8-21(19,20)14-4-2-3-13(9-14)10-16/h2-4,9,12,15,18H,5-8,11H2,1H3. The van der Waals surface area contributed by atoms with Gasteiger partial charge in [-0.25, -0.2) is 8.42 Å². The fourth-order valence-electron chi connectivity index (χ4n) is 2.44. The molecule has 0 spiro atoms. The van der Waals surface area contributed by atoms with Gasteiger partial charge in [0, 0.05) is 13.1 Å². The second-order valence-electron chi connectivity index (χ2n) is 5.59. The molecule has 1 aliphatic rings. The van der Waals surface area contributed by atoms with Gasteiger partial charge in [-0.05, 0) is 37.1 Å². The zero-order valence-electron chi connectivity index (χ0n) is 12.1. The Kier molecular flexibility index (Phi) is 4.99. The molecule has 0 radical (unpaired) electrons. The van der Waals surface area contributed by atoms with Gasteiger partial charge in [0.2, 0.25) is 0 Å². The lowest BCUT2D eigenvalue weighted by Gasteiger charge is -2.34. The molecule has 114 valence electrons. The van der Waals surface area contributed by atoms with Crippen molar-refractivity contribution in [1.29, 1.82) is 5.26 Å². The van der Waals surface area contributed by atoms with Crippen LogP contribution in [-0.4, -0.2) is 49.9 Å². The summed E-state index contributed by atoms with van der Waals surface area (Å²) in [6, 6.07) is 8.04. The summed E-state index contributed by atoms with van der Waals surface area (Å²) in [5.41, 5.74) is 0.346. The number of benzene rings is 1. The van der Waals surface area contributed by atoms with Crippen LogP contribution in [0, 0.1) is 17.2 Å². The summed E-state index contributed by atoms with van der Waals surface area (Å²) in [7, 11) is -3.40. The highest BCUT2D eigenvalue weighted by Gasteiger charge is 2.25. The third kappa shape index (κ3) is 4.03. The maximum Gasteiger partial charge on any atom is 0.179 e. The normalized spacial score (nSPS) is 23.7. The van der Waals surface area contributed by atoms with Gasteiger partial charge in [-0.3, -0.25) is 4.90 Å². The lowest BCUT2D eigenvalue weighted by atomic mass is 9.96. The minimum atomic E-state index is -3.40. The Balaban J connectivity index is 2.00. The number of rotatable bonds is 4. The van der Waals surface area contributed by atoms with Gasteiger partial charge in [-0.1, -0.05) is 13.0 Å². The van der Waals surface area contributed by atoms with Crippen molar-refractivity contribution in [2.75, 3.05) is 25.4 Å². The van der Waals surface area contributed by atoms with Crippen LogP contribution in [-0.2, 0) is 9.84 Å². The van der Waals surface area contributed by atoms with E-state index in [9.17, 15) is 13.5 Å². The number of piperidine rings is 1. The smallest absolute Gasteiger partial charge is 0.179 e. The molecule has 1 heterocycles. The van der Waals surface area contributed by atoms with Crippen LogP contribution in [0.2, 0.25) is 0 Å². The van der Waals surface area contributed by atoms with Crippen LogP contribution < -0.4 is 0 Å². The molecule has 1 fully saturated rings. The minimum absolute atomic E-state index is 0.00296. The van der Waals surface area contributed by atoms with E-state index in [1.807, 2.05) is 17.9 Å². The van der Waals surface area contributed by atoms with E-state index >= 15 is 0 Å². The van der Waals surface area contributed by atoms with Gasteiger partial charge in [0.05, 0.1) is 28.4 Å². The highest BCUT2D eigenvalue weighted by molar-refractivity contribution is 7.91. The third-order valence-corrected chi connectivity index (χ3v) is 5.69. The number of hydrogen-bond donors (Lipinski definition) is 1. The molecule has 5 nitrogen and oxygen atoms in total. The van der Waals surface area contributed by atoms with E-state index in [1.165, 1.54) is 12.1 Å². The Morgan fingerprint density at radius 3 is 2.90 bits per heavy atom. The molecule has 0 bridgehead atoms. The molecule has 0 aliphatic carbocycles. The zero-order valence-corrected chi connectivity index (χ0v) is 12.9. The minimum Gasteiger partial charge on any atom is -0.392 e. The second-order valence-corrected chi connectivity index (χ2v) is 7.70. The lowest BCUT2D eigenvalue weighted by Crippen LogP contribution is -2.44. The average molecular weight is 308 g/mol. The third-order valence-electron chi connectivity index (χ3n) is 4.00. The SMILES string of the molecule is CC1CCN(CCS(=O)(=O)c2cccc(C#N)c2)CC1O. The number of nitrogens with zero attached hydrogens (tertiary/aromatic N) is 2. The lowest BCUT2D eigenvalue weighted by molar-refractivity contribution is 0.0319. The summed E-state index contributed by atoms with van der Waals surface area (Å²) in [5.74, 6) is 0.272. The number of β-amino-alcohol motifs (C(OH)–C–C–N with tert-alkyl or cyclic N) is 1. The van der Waals surface area contributed by atoms with Gasteiger partial charge in [0.25, 0.3) is 0 Å². The van der Waals surface area contributed by atoms with Crippen molar-refractivity contribution < 1.29 is 13.5 Å². The second kappa shape index (κ2) is 6.56. The monoisotopic (exact) mass is 308 g/mol. The molecule has 0 aromatic heterocycles.